The van der Waals surface area contributed by atoms with Crippen LogP contribution in [-0.4, -0.2) is 47.0 Å². The first-order valence-electron chi connectivity index (χ1n) is 6.96. The molecule has 2 heterocycles. The molecule has 1 aromatic carbocycles. The molecule has 0 saturated carbocycles. The normalized spacial score (nSPS) is 28.7. The minimum absolute atomic E-state index is 0.0252. The summed E-state index contributed by atoms with van der Waals surface area (Å²) in [5.74, 6) is -0.348. The summed E-state index contributed by atoms with van der Waals surface area (Å²) in [6, 6.07) is 5.90. The van der Waals surface area contributed by atoms with Gasteiger partial charge in [0, 0.05) is 20.1 Å². The van der Waals surface area contributed by atoms with Crippen molar-refractivity contribution in [1.29, 1.82) is 0 Å². The third kappa shape index (κ3) is 1.97. The molecule has 1 aromatic rings. The van der Waals surface area contributed by atoms with E-state index in [1.165, 1.54) is 17.0 Å². The molecule has 2 amide bonds. The summed E-state index contributed by atoms with van der Waals surface area (Å²) in [7, 11) is 1.71. The second-order valence-corrected chi connectivity index (χ2v) is 5.83. The molecule has 2 fully saturated rings. The van der Waals surface area contributed by atoms with Crippen LogP contribution >= 0.6 is 0 Å². The van der Waals surface area contributed by atoms with Gasteiger partial charge < -0.3 is 14.9 Å². The summed E-state index contributed by atoms with van der Waals surface area (Å²) in [4.78, 5) is 26.5. The van der Waals surface area contributed by atoms with Gasteiger partial charge in [-0.25, -0.2) is 9.18 Å². The van der Waals surface area contributed by atoms with Crippen LogP contribution in [0.15, 0.2) is 24.3 Å². The summed E-state index contributed by atoms with van der Waals surface area (Å²) in [5.41, 5.74) is 0.161. The Morgan fingerprint density at radius 1 is 1.38 bits per heavy atom. The summed E-state index contributed by atoms with van der Waals surface area (Å²) in [6.07, 6.45) is 0.347. The smallest absolute Gasteiger partial charge is 0.407 e. The molecule has 1 N–H and O–H groups in total. The van der Waals surface area contributed by atoms with E-state index >= 15 is 0 Å². The highest BCUT2D eigenvalue weighted by atomic mass is 19.1. The standard InChI is InChI=1S/C15H17FN2O3/c1-17-12(10-3-5-11(16)6-4-10)15(13(17)19)7-2-8-18(9-15)14(20)21/h3-6,12H,2,7-9H2,1H3,(H,20,21). The fourth-order valence-electron chi connectivity index (χ4n) is 3.72. The lowest BCUT2D eigenvalue weighted by atomic mass is 9.63. The first-order valence-corrected chi connectivity index (χ1v) is 6.96. The second kappa shape index (κ2) is 4.72. The molecule has 5 nitrogen and oxygen atoms in total. The number of carboxylic acid groups (broad SMARTS) is 1. The average Bonchev–Trinajstić information content (AvgIpc) is 2.49. The lowest BCUT2D eigenvalue weighted by Gasteiger charge is -2.58. The fraction of sp³-hybridized carbons (Fsp3) is 0.467. The van der Waals surface area contributed by atoms with Crippen LogP contribution in [-0.2, 0) is 4.79 Å². The molecule has 0 aliphatic carbocycles. The van der Waals surface area contributed by atoms with Gasteiger partial charge in [-0.1, -0.05) is 12.1 Å². The van der Waals surface area contributed by atoms with Crippen LogP contribution in [0.2, 0.25) is 0 Å². The van der Waals surface area contributed by atoms with Crippen molar-refractivity contribution in [1.82, 2.24) is 9.80 Å². The topological polar surface area (TPSA) is 60.9 Å². The van der Waals surface area contributed by atoms with Crippen molar-refractivity contribution in [3.63, 3.8) is 0 Å². The zero-order valence-electron chi connectivity index (χ0n) is 11.8. The van der Waals surface area contributed by atoms with Crippen molar-refractivity contribution in [3.05, 3.63) is 35.6 Å². The van der Waals surface area contributed by atoms with Crippen LogP contribution in [0.3, 0.4) is 0 Å². The number of amides is 2. The number of β-lactam (4-membered cyclic amide) rings is 1. The Morgan fingerprint density at radius 3 is 2.67 bits per heavy atom. The van der Waals surface area contributed by atoms with Gasteiger partial charge in [-0.3, -0.25) is 4.79 Å². The quantitative estimate of drug-likeness (QED) is 0.806. The minimum atomic E-state index is -0.991. The number of likely N-dealkylation sites (tertiary alicyclic amines) is 2. The predicted octanol–water partition coefficient (Wildman–Crippen LogP) is 2.10. The van der Waals surface area contributed by atoms with Crippen molar-refractivity contribution in [2.45, 2.75) is 18.9 Å². The number of halogens is 1. The lowest BCUT2D eigenvalue weighted by molar-refractivity contribution is -0.176. The molecule has 2 aliphatic rings. The summed E-state index contributed by atoms with van der Waals surface area (Å²) in [6.45, 7) is 0.678. The van der Waals surface area contributed by atoms with Crippen molar-refractivity contribution in [2.24, 2.45) is 5.41 Å². The van der Waals surface area contributed by atoms with E-state index in [4.69, 9.17) is 0 Å². The van der Waals surface area contributed by atoms with E-state index in [-0.39, 0.29) is 24.3 Å². The monoisotopic (exact) mass is 292 g/mol. The minimum Gasteiger partial charge on any atom is -0.465 e. The van der Waals surface area contributed by atoms with Crippen LogP contribution in [0.25, 0.3) is 0 Å². The molecule has 21 heavy (non-hydrogen) atoms. The first-order chi connectivity index (χ1) is 9.95. The fourth-order valence-corrected chi connectivity index (χ4v) is 3.72. The van der Waals surface area contributed by atoms with Gasteiger partial charge in [0.2, 0.25) is 5.91 Å². The van der Waals surface area contributed by atoms with E-state index in [1.807, 2.05) is 0 Å². The second-order valence-electron chi connectivity index (χ2n) is 5.83. The maximum atomic E-state index is 13.1. The van der Waals surface area contributed by atoms with Gasteiger partial charge >= 0.3 is 6.09 Å². The van der Waals surface area contributed by atoms with Gasteiger partial charge in [-0.2, -0.15) is 0 Å². The van der Waals surface area contributed by atoms with Crippen molar-refractivity contribution in [3.8, 4) is 0 Å². The number of carbonyl (C=O) groups excluding carboxylic acids is 1. The zero-order chi connectivity index (χ0) is 15.2. The van der Waals surface area contributed by atoms with Gasteiger partial charge in [0.15, 0.2) is 0 Å². The van der Waals surface area contributed by atoms with E-state index in [1.54, 1.807) is 24.1 Å². The van der Waals surface area contributed by atoms with Gasteiger partial charge in [-0.05, 0) is 30.5 Å². The number of rotatable bonds is 1. The Labute approximate surface area is 122 Å². The van der Waals surface area contributed by atoms with E-state index in [9.17, 15) is 19.1 Å². The summed E-state index contributed by atoms with van der Waals surface area (Å²) < 4.78 is 13.1. The molecule has 2 unspecified atom stereocenters. The highest BCUT2D eigenvalue weighted by molar-refractivity contribution is 5.91. The molecular formula is C15H17FN2O3. The Hall–Kier alpha value is -2.11. The number of piperidine rings is 1. The maximum Gasteiger partial charge on any atom is 0.407 e. The number of hydrogen-bond donors (Lipinski definition) is 1. The third-order valence-electron chi connectivity index (χ3n) is 4.64. The SMILES string of the molecule is CN1C(=O)C2(CCCN(C(=O)O)C2)C1c1ccc(F)cc1. The number of benzene rings is 1. The van der Waals surface area contributed by atoms with Crippen molar-refractivity contribution < 1.29 is 19.1 Å². The maximum absolute atomic E-state index is 13.1. The van der Waals surface area contributed by atoms with E-state index in [0.29, 0.717) is 19.4 Å². The molecule has 1 spiro atoms. The Morgan fingerprint density at radius 2 is 2.05 bits per heavy atom. The number of nitrogens with zero attached hydrogens (tertiary/aromatic N) is 2. The molecule has 0 radical (unpaired) electrons. The molecule has 2 atom stereocenters. The van der Waals surface area contributed by atoms with Gasteiger partial charge in [0.05, 0.1) is 11.5 Å². The van der Waals surface area contributed by atoms with Gasteiger partial charge in [0.25, 0.3) is 0 Å². The highest BCUT2D eigenvalue weighted by Crippen LogP contribution is 2.53. The van der Waals surface area contributed by atoms with Crippen LogP contribution in [0.5, 0.6) is 0 Å². The molecular weight excluding hydrogens is 275 g/mol. The summed E-state index contributed by atoms with van der Waals surface area (Å²) >= 11 is 0. The average molecular weight is 292 g/mol. The number of hydrogen-bond acceptors (Lipinski definition) is 2. The molecule has 0 aromatic heterocycles. The molecule has 112 valence electrons. The van der Waals surface area contributed by atoms with Crippen LogP contribution < -0.4 is 0 Å². The Kier molecular flexibility index (Phi) is 3.11. The zero-order valence-corrected chi connectivity index (χ0v) is 11.8. The predicted molar refractivity (Wildman–Crippen MR) is 73.2 cm³/mol. The van der Waals surface area contributed by atoms with E-state index in [0.717, 1.165) is 5.56 Å². The van der Waals surface area contributed by atoms with Gasteiger partial charge in [-0.15, -0.1) is 0 Å². The molecule has 0 bridgehead atoms. The van der Waals surface area contributed by atoms with Crippen LogP contribution in [0.4, 0.5) is 9.18 Å². The molecule has 2 saturated heterocycles. The van der Waals surface area contributed by atoms with E-state index < -0.39 is 11.5 Å². The molecule has 2 aliphatic heterocycles. The third-order valence-corrected chi connectivity index (χ3v) is 4.64. The molecule has 3 rings (SSSR count). The van der Waals surface area contributed by atoms with Gasteiger partial charge in [0.1, 0.15) is 5.82 Å². The van der Waals surface area contributed by atoms with Crippen LogP contribution in [0.1, 0.15) is 24.4 Å². The largest absolute Gasteiger partial charge is 0.465 e. The number of carbonyl (C=O) groups is 2. The Balaban J connectivity index is 1.94. The summed E-state index contributed by atoms with van der Waals surface area (Å²) in [5, 5.41) is 9.19. The van der Waals surface area contributed by atoms with Crippen LogP contribution in [0, 0.1) is 11.2 Å². The highest BCUT2D eigenvalue weighted by Gasteiger charge is 2.61. The Bertz CT molecular complexity index is 589. The first kappa shape index (κ1) is 13.9. The van der Waals surface area contributed by atoms with Crippen molar-refractivity contribution >= 4 is 12.0 Å². The lowest BCUT2D eigenvalue weighted by Crippen LogP contribution is -2.67. The molecule has 6 heteroatoms. The van der Waals surface area contributed by atoms with E-state index in [2.05, 4.69) is 0 Å². The van der Waals surface area contributed by atoms with Crippen molar-refractivity contribution in [2.75, 3.05) is 20.1 Å².